The van der Waals surface area contributed by atoms with E-state index >= 15 is 0 Å². The van der Waals surface area contributed by atoms with Crippen LogP contribution >= 0.6 is 0 Å². The zero-order valence-corrected chi connectivity index (χ0v) is 7.18. The van der Waals surface area contributed by atoms with Gasteiger partial charge in [0.05, 0.1) is 6.10 Å². The minimum absolute atomic E-state index is 0. The van der Waals surface area contributed by atoms with Gasteiger partial charge in [0.25, 0.3) is 0 Å². The molecule has 1 heterocycles. The Kier molecular flexibility index (Phi) is 6.51. The van der Waals surface area contributed by atoms with E-state index in [9.17, 15) is 0 Å². The molecular weight excluding hydrogens is 140 g/mol. The lowest BCUT2D eigenvalue weighted by atomic mass is 10.2. The lowest BCUT2D eigenvalue weighted by molar-refractivity contribution is 0.279. The van der Waals surface area contributed by atoms with E-state index in [1.807, 2.05) is 0 Å². The van der Waals surface area contributed by atoms with Crippen molar-refractivity contribution < 1.29 is 5.11 Å². The number of hydrogen-bond acceptors (Lipinski definition) is 3. The summed E-state index contributed by atoms with van der Waals surface area (Å²) in [7, 11) is 0. The van der Waals surface area contributed by atoms with Gasteiger partial charge in [0.15, 0.2) is 0 Å². The summed E-state index contributed by atoms with van der Waals surface area (Å²) >= 11 is 0. The normalized spacial score (nSPS) is 22.6. The van der Waals surface area contributed by atoms with Gasteiger partial charge in [-0.15, -0.1) is 0 Å². The highest BCUT2D eigenvalue weighted by atomic mass is 16.3. The predicted molar refractivity (Wildman–Crippen MR) is 47.0 cm³/mol. The first-order valence-corrected chi connectivity index (χ1v) is 4.28. The SMILES string of the molecule is C1CCNCC1.N.OC1CC1. The first kappa shape index (κ1) is 10.9. The third kappa shape index (κ3) is 7.78. The van der Waals surface area contributed by atoms with Gasteiger partial charge in [0.1, 0.15) is 0 Å². The van der Waals surface area contributed by atoms with Crippen molar-refractivity contribution in [3.8, 4) is 0 Å². The summed E-state index contributed by atoms with van der Waals surface area (Å²) in [5.41, 5.74) is 0. The van der Waals surface area contributed by atoms with Crippen LogP contribution in [0.4, 0.5) is 0 Å². The van der Waals surface area contributed by atoms with Gasteiger partial charge in [0.2, 0.25) is 0 Å². The van der Waals surface area contributed by atoms with Gasteiger partial charge in [-0.05, 0) is 38.8 Å². The number of aliphatic hydroxyl groups excluding tert-OH is 1. The quantitative estimate of drug-likeness (QED) is 0.496. The highest BCUT2D eigenvalue weighted by Gasteiger charge is 2.15. The van der Waals surface area contributed by atoms with E-state index in [1.54, 1.807) is 0 Å². The fourth-order valence-corrected chi connectivity index (χ4v) is 0.876. The molecule has 2 rings (SSSR count). The summed E-state index contributed by atoms with van der Waals surface area (Å²) in [6.07, 6.45) is 6.38. The molecule has 1 saturated heterocycles. The highest BCUT2D eigenvalue weighted by Crippen LogP contribution is 2.16. The van der Waals surface area contributed by atoms with Crippen LogP contribution in [0.15, 0.2) is 0 Å². The maximum Gasteiger partial charge on any atom is 0.0542 e. The Labute approximate surface area is 68.8 Å². The highest BCUT2D eigenvalue weighted by molar-refractivity contribution is 4.68. The third-order valence-electron chi connectivity index (χ3n) is 1.75. The summed E-state index contributed by atoms with van der Waals surface area (Å²) in [5, 5.41) is 11.5. The van der Waals surface area contributed by atoms with E-state index in [1.165, 1.54) is 32.4 Å². The van der Waals surface area contributed by atoms with Crippen LogP contribution in [0.2, 0.25) is 0 Å². The van der Waals surface area contributed by atoms with E-state index in [2.05, 4.69) is 5.32 Å². The molecule has 0 spiro atoms. The molecule has 0 atom stereocenters. The molecule has 1 aliphatic carbocycles. The molecule has 2 aliphatic rings. The standard InChI is InChI=1S/C5H11N.C3H6O.H3N/c1-2-4-6-5-3-1;4-3-1-2-3;/h6H,1-5H2;3-4H,1-2H2;1H3. The molecule has 0 unspecified atom stereocenters. The number of aliphatic hydroxyl groups is 1. The van der Waals surface area contributed by atoms with Gasteiger partial charge in [-0.2, -0.15) is 0 Å². The Balaban J connectivity index is 0.000000177. The number of rotatable bonds is 0. The van der Waals surface area contributed by atoms with Crippen molar-refractivity contribution in [1.82, 2.24) is 11.5 Å². The smallest absolute Gasteiger partial charge is 0.0542 e. The molecular formula is C8H20N2O. The molecule has 0 aromatic heterocycles. The molecule has 1 saturated carbocycles. The fourth-order valence-electron chi connectivity index (χ4n) is 0.876. The molecule has 0 bridgehead atoms. The van der Waals surface area contributed by atoms with Gasteiger partial charge in [0, 0.05) is 0 Å². The number of piperidine rings is 1. The third-order valence-corrected chi connectivity index (χ3v) is 1.75. The predicted octanol–water partition coefficient (Wildman–Crippen LogP) is 1.06. The molecule has 0 aromatic rings. The van der Waals surface area contributed by atoms with Crippen molar-refractivity contribution in [2.24, 2.45) is 0 Å². The first-order valence-electron chi connectivity index (χ1n) is 4.28. The maximum absolute atomic E-state index is 8.17. The van der Waals surface area contributed by atoms with Crippen LogP contribution in [-0.2, 0) is 0 Å². The molecule has 1 aliphatic heterocycles. The van der Waals surface area contributed by atoms with Crippen molar-refractivity contribution in [2.75, 3.05) is 13.1 Å². The Bertz CT molecular complexity index is 68.7. The van der Waals surface area contributed by atoms with E-state index in [4.69, 9.17) is 5.11 Å². The Morgan fingerprint density at radius 3 is 1.55 bits per heavy atom. The molecule has 3 heteroatoms. The van der Waals surface area contributed by atoms with Crippen molar-refractivity contribution in [2.45, 2.75) is 38.2 Å². The fraction of sp³-hybridized carbons (Fsp3) is 1.00. The lowest BCUT2D eigenvalue weighted by Gasteiger charge is -2.08. The molecule has 0 amide bonds. The number of hydrogen-bond donors (Lipinski definition) is 3. The Morgan fingerprint density at radius 2 is 1.45 bits per heavy atom. The van der Waals surface area contributed by atoms with Gasteiger partial charge >= 0.3 is 0 Å². The van der Waals surface area contributed by atoms with Crippen molar-refractivity contribution in [3.05, 3.63) is 0 Å². The van der Waals surface area contributed by atoms with Crippen molar-refractivity contribution in [3.63, 3.8) is 0 Å². The van der Waals surface area contributed by atoms with Crippen LogP contribution in [0.1, 0.15) is 32.1 Å². The average Bonchev–Trinajstić information content (AvgIpc) is 2.77. The minimum atomic E-state index is 0. The second kappa shape index (κ2) is 6.58. The summed E-state index contributed by atoms with van der Waals surface area (Å²) in [6.45, 7) is 2.50. The Morgan fingerprint density at radius 1 is 1.00 bits per heavy atom. The van der Waals surface area contributed by atoms with Crippen LogP contribution < -0.4 is 11.5 Å². The van der Waals surface area contributed by atoms with Gasteiger partial charge in [-0.3, -0.25) is 0 Å². The van der Waals surface area contributed by atoms with E-state index in [-0.39, 0.29) is 12.3 Å². The Hall–Kier alpha value is -0.120. The van der Waals surface area contributed by atoms with E-state index < -0.39 is 0 Å². The van der Waals surface area contributed by atoms with Crippen LogP contribution in [-0.4, -0.2) is 24.3 Å². The van der Waals surface area contributed by atoms with Gasteiger partial charge < -0.3 is 16.6 Å². The molecule has 2 fully saturated rings. The van der Waals surface area contributed by atoms with Crippen LogP contribution in [0, 0.1) is 0 Å². The first-order chi connectivity index (χ1) is 4.89. The zero-order valence-electron chi connectivity index (χ0n) is 7.18. The monoisotopic (exact) mass is 160 g/mol. The summed E-state index contributed by atoms with van der Waals surface area (Å²) in [6, 6.07) is 0. The van der Waals surface area contributed by atoms with Crippen LogP contribution in [0.5, 0.6) is 0 Å². The van der Waals surface area contributed by atoms with Crippen LogP contribution in [0.3, 0.4) is 0 Å². The topological polar surface area (TPSA) is 67.3 Å². The maximum atomic E-state index is 8.17. The number of nitrogens with one attached hydrogen (secondary N) is 1. The van der Waals surface area contributed by atoms with Gasteiger partial charge in [-0.1, -0.05) is 6.42 Å². The molecule has 0 radical (unpaired) electrons. The van der Waals surface area contributed by atoms with Gasteiger partial charge in [-0.25, -0.2) is 0 Å². The summed E-state index contributed by atoms with van der Waals surface area (Å²) in [4.78, 5) is 0. The molecule has 3 nitrogen and oxygen atoms in total. The van der Waals surface area contributed by atoms with Crippen LogP contribution in [0.25, 0.3) is 0 Å². The lowest BCUT2D eigenvalue weighted by Crippen LogP contribution is -2.21. The summed E-state index contributed by atoms with van der Waals surface area (Å²) < 4.78 is 0. The summed E-state index contributed by atoms with van der Waals surface area (Å²) in [5.74, 6) is 0. The zero-order chi connectivity index (χ0) is 7.23. The minimum Gasteiger partial charge on any atom is -0.393 e. The largest absolute Gasteiger partial charge is 0.393 e. The van der Waals surface area contributed by atoms with Crippen molar-refractivity contribution in [1.29, 1.82) is 0 Å². The van der Waals surface area contributed by atoms with Crippen molar-refractivity contribution >= 4 is 0 Å². The molecule has 5 N–H and O–H groups in total. The average molecular weight is 160 g/mol. The molecule has 11 heavy (non-hydrogen) atoms. The van der Waals surface area contributed by atoms with E-state index in [0.717, 1.165) is 12.8 Å². The second-order valence-corrected chi connectivity index (χ2v) is 3.04. The molecule has 68 valence electrons. The molecule has 0 aromatic carbocycles. The van der Waals surface area contributed by atoms with E-state index in [0.29, 0.717) is 0 Å². The second-order valence-electron chi connectivity index (χ2n) is 3.04.